The minimum absolute atomic E-state index is 0.0716. The van der Waals surface area contributed by atoms with Gasteiger partial charge in [0.05, 0.1) is 21.7 Å². The van der Waals surface area contributed by atoms with Gasteiger partial charge in [-0.2, -0.15) is 4.99 Å². The number of fused-ring (bicyclic) bond motifs is 2. The van der Waals surface area contributed by atoms with E-state index in [1.165, 1.54) is 59.9 Å². The summed E-state index contributed by atoms with van der Waals surface area (Å²) in [4.78, 5) is 17.7. The highest BCUT2D eigenvalue weighted by atomic mass is 35.5. The molecule has 11 heteroatoms. The maximum absolute atomic E-state index is 12.9. The largest absolute Gasteiger partial charge is 0.486 e. The minimum atomic E-state index is -3.80. The molecule has 182 valence electrons. The summed E-state index contributed by atoms with van der Waals surface area (Å²) in [6.45, 7) is 1.15. The Hall–Kier alpha value is -3.78. The van der Waals surface area contributed by atoms with Crippen LogP contribution in [0.1, 0.15) is 10.4 Å². The van der Waals surface area contributed by atoms with E-state index in [1.54, 1.807) is 4.57 Å². The number of anilines is 1. The van der Waals surface area contributed by atoms with Crippen LogP contribution in [0.25, 0.3) is 10.2 Å². The summed E-state index contributed by atoms with van der Waals surface area (Å²) in [5.41, 5.74) is 1.39. The molecule has 4 aromatic rings. The van der Waals surface area contributed by atoms with Crippen molar-refractivity contribution >= 4 is 54.8 Å². The molecule has 1 aliphatic heterocycles. The molecular formula is C25H18ClN3O5S2. The van der Waals surface area contributed by atoms with Gasteiger partial charge in [0.25, 0.3) is 15.9 Å². The van der Waals surface area contributed by atoms with Gasteiger partial charge in [-0.1, -0.05) is 28.9 Å². The maximum Gasteiger partial charge on any atom is 0.279 e. The van der Waals surface area contributed by atoms with Crippen LogP contribution >= 0.6 is 22.9 Å². The molecule has 8 nitrogen and oxygen atoms in total. The number of hydrogen-bond acceptors (Lipinski definition) is 6. The molecule has 0 unspecified atom stereocenters. The van der Waals surface area contributed by atoms with Gasteiger partial charge in [0.2, 0.25) is 0 Å². The first kappa shape index (κ1) is 23.9. The van der Waals surface area contributed by atoms with Crippen LogP contribution in [0.2, 0.25) is 5.02 Å². The number of nitrogens with one attached hydrogen (secondary N) is 1. The van der Waals surface area contributed by atoms with E-state index >= 15 is 0 Å². The van der Waals surface area contributed by atoms with E-state index in [2.05, 4.69) is 15.6 Å². The third-order valence-electron chi connectivity index (χ3n) is 5.30. The number of thiazole rings is 1. The van der Waals surface area contributed by atoms with E-state index in [0.717, 1.165) is 10.2 Å². The fraction of sp³-hybridized carbons (Fsp3) is 0.120. The summed E-state index contributed by atoms with van der Waals surface area (Å²) in [5, 5.41) is 0.434. The van der Waals surface area contributed by atoms with Crippen molar-refractivity contribution in [2.24, 2.45) is 4.99 Å². The SMILES string of the molecule is C#CCn1c(=NC(=O)c2ccc(NS(=O)(=O)c3ccc(Cl)cc3)cc2)sc2cc3c(cc21)OCCO3. The summed E-state index contributed by atoms with van der Waals surface area (Å²) in [6.07, 6.45) is 5.56. The number of ether oxygens (including phenoxy) is 2. The first-order valence-electron chi connectivity index (χ1n) is 10.7. The van der Waals surface area contributed by atoms with Crippen molar-refractivity contribution in [3.63, 3.8) is 0 Å². The van der Waals surface area contributed by atoms with Gasteiger partial charge in [-0.3, -0.25) is 9.52 Å². The lowest BCUT2D eigenvalue weighted by Gasteiger charge is -2.18. The molecule has 1 aromatic heterocycles. The second-order valence-corrected chi connectivity index (χ2v) is 10.8. The zero-order valence-electron chi connectivity index (χ0n) is 18.6. The Bertz CT molecular complexity index is 1680. The number of halogens is 1. The summed E-state index contributed by atoms with van der Waals surface area (Å²) in [5.74, 6) is 3.36. The highest BCUT2D eigenvalue weighted by Crippen LogP contribution is 2.35. The zero-order chi connectivity index (χ0) is 25.3. The highest BCUT2D eigenvalue weighted by Gasteiger charge is 2.17. The first-order chi connectivity index (χ1) is 17.3. The fourth-order valence-electron chi connectivity index (χ4n) is 3.60. The number of terminal acetylenes is 1. The van der Waals surface area contributed by atoms with Crippen molar-refractivity contribution in [1.29, 1.82) is 0 Å². The number of rotatable bonds is 5. The Morgan fingerprint density at radius 1 is 1.08 bits per heavy atom. The summed E-state index contributed by atoms with van der Waals surface area (Å²) in [7, 11) is -3.80. The van der Waals surface area contributed by atoms with Gasteiger partial charge in [-0.25, -0.2) is 8.42 Å². The van der Waals surface area contributed by atoms with Crippen molar-refractivity contribution in [3.05, 3.63) is 76.1 Å². The van der Waals surface area contributed by atoms with Crippen LogP contribution in [0.3, 0.4) is 0 Å². The molecule has 3 aromatic carbocycles. The van der Waals surface area contributed by atoms with Crippen molar-refractivity contribution < 1.29 is 22.7 Å². The van der Waals surface area contributed by atoms with E-state index in [0.29, 0.717) is 45.8 Å². The number of carbonyl (C=O) groups is 1. The van der Waals surface area contributed by atoms with Gasteiger partial charge in [-0.05, 0) is 48.5 Å². The van der Waals surface area contributed by atoms with Crippen molar-refractivity contribution in [3.8, 4) is 23.8 Å². The van der Waals surface area contributed by atoms with Crippen molar-refractivity contribution in [2.45, 2.75) is 11.4 Å². The predicted octanol–water partition coefficient (Wildman–Crippen LogP) is 4.30. The number of amides is 1. The molecule has 0 bridgehead atoms. The predicted molar refractivity (Wildman–Crippen MR) is 138 cm³/mol. The van der Waals surface area contributed by atoms with E-state index in [9.17, 15) is 13.2 Å². The Kier molecular flexibility index (Phi) is 6.45. The number of carbonyl (C=O) groups excluding carboxylic acids is 1. The second-order valence-electron chi connectivity index (χ2n) is 7.69. The molecule has 0 saturated heterocycles. The Morgan fingerprint density at radius 3 is 2.42 bits per heavy atom. The molecule has 1 aliphatic rings. The Balaban J connectivity index is 1.43. The van der Waals surface area contributed by atoms with E-state index < -0.39 is 15.9 Å². The lowest BCUT2D eigenvalue weighted by molar-refractivity contribution is 0.0998. The number of hydrogen-bond donors (Lipinski definition) is 1. The lowest BCUT2D eigenvalue weighted by Crippen LogP contribution is -2.17. The average molecular weight is 540 g/mol. The highest BCUT2D eigenvalue weighted by molar-refractivity contribution is 7.92. The van der Waals surface area contributed by atoms with Crippen LogP contribution in [0, 0.1) is 12.3 Å². The molecule has 2 heterocycles. The molecule has 36 heavy (non-hydrogen) atoms. The molecule has 0 atom stereocenters. The van der Waals surface area contributed by atoms with Gasteiger partial charge >= 0.3 is 0 Å². The Labute approximate surface area is 215 Å². The molecule has 1 amide bonds. The summed E-state index contributed by atoms with van der Waals surface area (Å²) < 4.78 is 41.6. The van der Waals surface area contributed by atoms with Gasteiger partial charge in [-0.15, -0.1) is 6.42 Å². The van der Waals surface area contributed by atoms with E-state index in [4.69, 9.17) is 27.5 Å². The second kappa shape index (κ2) is 9.70. The lowest BCUT2D eigenvalue weighted by atomic mass is 10.2. The van der Waals surface area contributed by atoms with E-state index in [1.807, 2.05) is 12.1 Å². The van der Waals surface area contributed by atoms with Crippen LogP contribution in [0.4, 0.5) is 5.69 Å². The molecule has 1 N–H and O–H groups in total. The van der Waals surface area contributed by atoms with Crippen LogP contribution in [0.5, 0.6) is 11.5 Å². The zero-order valence-corrected chi connectivity index (χ0v) is 21.0. The van der Waals surface area contributed by atoms with Crippen LogP contribution in [0.15, 0.2) is 70.6 Å². The topological polar surface area (TPSA) is 99.0 Å². The number of sulfonamides is 1. The number of aromatic nitrogens is 1. The number of nitrogens with zero attached hydrogens (tertiary/aromatic N) is 2. The van der Waals surface area contributed by atoms with Crippen LogP contribution in [-0.2, 0) is 16.6 Å². The number of benzene rings is 3. The van der Waals surface area contributed by atoms with Crippen molar-refractivity contribution in [2.75, 3.05) is 17.9 Å². The molecule has 0 spiro atoms. The average Bonchev–Trinajstić information content (AvgIpc) is 3.19. The van der Waals surface area contributed by atoms with Crippen LogP contribution < -0.4 is 19.0 Å². The van der Waals surface area contributed by atoms with E-state index in [-0.39, 0.29) is 11.4 Å². The maximum atomic E-state index is 12.9. The first-order valence-corrected chi connectivity index (χ1v) is 13.4. The molecule has 0 fully saturated rings. The summed E-state index contributed by atoms with van der Waals surface area (Å²) in [6, 6.07) is 15.5. The van der Waals surface area contributed by atoms with Crippen molar-refractivity contribution in [1.82, 2.24) is 4.57 Å². The van der Waals surface area contributed by atoms with Gasteiger partial charge in [0.15, 0.2) is 16.3 Å². The van der Waals surface area contributed by atoms with Gasteiger partial charge in [0.1, 0.15) is 13.2 Å². The Morgan fingerprint density at radius 2 is 1.75 bits per heavy atom. The van der Waals surface area contributed by atoms with Gasteiger partial charge in [0, 0.05) is 28.4 Å². The molecule has 0 saturated carbocycles. The molecule has 0 aliphatic carbocycles. The monoisotopic (exact) mass is 539 g/mol. The molecular weight excluding hydrogens is 522 g/mol. The molecule has 5 rings (SSSR count). The quantitative estimate of drug-likeness (QED) is 0.381. The minimum Gasteiger partial charge on any atom is -0.486 e. The van der Waals surface area contributed by atoms with Gasteiger partial charge < -0.3 is 14.0 Å². The third kappa shape index (κ3) is 4.81. The smallest absolute Gasteiger partial charge is 0.279 e. The third-order valence-corrected chi connectivity index (χ3v) is 7.99. The normalized spacial score (nSPS) is 13.4. The molecule has 0 radical (unpaired) electrons. The fourth-order valence-corrected chi connectivity index (χ4v) is 5.82. The van der Waals surface area contributed by atoms with Crippen LogP contribution in [-0.4, -0.2) is 32.1 Å². The summed E-state index contributed by atoms with van der Waals surface area (Å²) >= 11 is 7.14. The standard InChI is InChI=1S/C25H18ClN3O5S2/c1-2-11-29-20-14-21-22(34-13-12-33-21)15-23(20)35-25(29)27-24(30)16-3-7-18(8-4-16)28-36(31,32)19-9-5-17(26)6-10-19/h1,3-10,14-15,28H,11-13H2.